The zero-order valence-electron chi connectivity index (χ0n) is 10.9. The minimum Gasteiger partial charge on any atom is -0.480 e. The number of nitrogens with zero attached hydrogens (tertiary/aromatic N) is 2. The van der Waals surface area contributed by atoms with Crippen LogP contribution < -0.4 is 4.90 Å². The zero-order chi connectivity index (χ0) is 15.0. The molecule has 6 heteroatoms. The molecule has 0 bridgehead atoms. The third-order valence-electron chi connectivity index (χ3n) is 3.43. The highest BCUT2D eigenvalue weighted by Gasteiger charge is 2.38. The molecule has 0 spiro atoms. The molecule has 1 aliphatic heterocycles. The van der Waals surface area contributed by atoms with Crippen molar-refractivity contribution < 1.29 is 14.7 Å². The Labute approximate surface area is 129 Å². The lowest BCUT2D eigenvalue weighted by Crippen LogP contribution is -2.43. The van der Waals surface area contributed by atoms with Crippen molar-refractivity contribution in [2.24, 2.45) is 0 Å². The first-order valence-corrected chi connectivity index (χ1v) is 7.13. The molecule has 21 heavy (non-hydrogen) atoms. The van der Waals surface area contributed by atoms with E-state index >= 15 is 0 Å². The van der Waals surface area contributed by atoms with E-state index in [-0.39, 0.29) is 5.69 Å². The first kappa shape index (κ1) is 13.8. The van der Waals surface area contributed by atoms with Gasteiger partial charge in [0.2, 0.25) is 0 Å². The molecule has 0 unspecified atom stereocenters. The number of rotatable bonds is 2. The maximum Gasteiger partial charge on any atom is 0.327 e. The lowest BCUT2D eigenvalue weighted by Gasteiger charge is -2.22. The molecule has 0 saturated heterocycles. The van der Waals surface area contributed by atoms with E-state index < -0.39 is 17.9 Å². The number of para-hydroxylation sites is 1. The molecule has 1 N–H and O–H groups in total. The first-order chi connectivity index (χ1) is 10.1. The molecule has 0 saturated carbocycles. The summed E-state index contributed by atoms with van der Waals surface area (Å²) in [6.45, 7) is 0. The van der Waals surface area contributed by atoms with E-state index in [2.05, 4.69) is 20.9 Å². The van der Waals surface area contributed by atoms with E-state index in [9.17, 15) is 14.7 Å². The summed E-state index contributed by atoms with van der Waals surface area (Å²) in [7, 11) is 0. The molecule has 1 aliphatic rings. The fourth-order valence-electron chi connectivity index (χ4n) is 2.46. The number of pyridine rings is 1. The number of carbonyl (C=O) groups is 2. The van der Waals surface area contributed by atoms with Crippen molar-refractivity contribution in [3.63, 3.8) is 0 Å². The van der Waals surface area contributed by atoms with E-state index in [1.54, 1.807) is 24.3 Å². The van der Waals surface area contributed by atoms with Gasteiger partial charge in [-0.1, -0.05) is 18.2 Å². The van der Waals surface area contributed by atoms with Crippen molar-refractivity contribution in [2.75, 3.05) is 4.90 Å². The van der Waals surface area contributed by atoms with Gasteiger partial charge in [0.1, 0.15) is 11.7 Å². The number of benzene rings is 1. The fourth-order valence-corrected chi connectivity index (χ4v) is 2.69. The van der Waals surface area contributed by atoms with Crippen molar-refractivity contribution >= 4 is 33.5 Å². The van der Waals surface area contributed by atoms with Crippen molar-refractivity contribution in [3.8, 4) is 0 Å². The molecule has 0 radical (unpaired) electrons. The second-order valence-corrected chi connectivity index (χ2v) is 5.64. The van der Waals surface area contributed by atoms with Crippen LogP contribution in [0.2, 0.25) is 0 Å². The largest absolute Gasteiger partial charge is 0.480 e. The molecule has 3 rings (SSSR count). The molecule has 106 valence electrons. The van der Waals surface area contributed by atoms with Gasteiger partial charge in [0.05, 0.1) is 0 Å². The monoisotopic (exact) mass is 346 g/mol. The van der Waals surface area contributed by atoms with Gasteiger partial charge >= 0.3 is 5.97 Å². The van der Waals surface area contributed by atoms with Crippen LogP contribution in [0.5, 0.6) is 0 Å². The Bertz CT molecular complexity index is 715. The van der Waals surface area contributed by atoms with Crippen molar-refractivity contribution in [1.29, 1.82) is 0 Å². The van der Waals surface area contributed by atoms with Crippen LogP contribution >= 0.6 is 15.9 Å². The van der Waals surface area contributed by atoms with E-state index in [0.717, 1.165) is 10.0 Å². The van der Waals surface area contributed by atoms with Gasteiger partial charge in [0.15, 0.2) is 0 Å². The minimum absolute atomic E-state index is 0.223. The summed E-state index contributed by atoms with van der Waals surface area (Å²) in [4.78, 5) is 29.4. The van der Waals surface area contributed by atoms with Crippen LogP contribution in [0.1, 0.15) is 16.1 Å². The van der Waals surface area contributed by atoms with Crippen LogP contribution in [0.15, 0.2) is 47.1 Å². The molecule has 5 nitrogen and oxygen atoms in total. The SMILES string of the molecule is O=C(O)[C@@H]1Cc2ccccc2N1C(=O)c1ccc(Br)cn1. The number of hydrogen-bond donors (Lipinski definition) is 1. The third kappa shape index (κ3) is 2.42. The quantitative estimate of drug-likeness (QED) is 0.906. The highest BCUT2D eigenvalue weighted by atomic mass is 79.9. The van der Waals surface area contributed by atoms with E-state index in [1.807, 2.05) is 12.1 Å². The van der Waals surface area contributed by atoms with Gasteiger partial charge in [-0.25, -0.2) is 9.78 Å². The Morgan fingerprint density at radius 3 is 2.67 bits per heavy atom. The van der Waals surface area contributed by atoms with Crippen LogP contribution in [0, 0.1) is 0 Å². The first-order valence-electron chi connectivity index (χ1n) is 6.34. The predicted molar refractivity (Wildman–Crippen MR) is 80.3 cm³/mol. The number of carboxylic acid groups (broad SMARTS) is 1. The Morgan fingerprint density at radius 1 is 1.24 bits per heavy atom. The Hall–Kier alpha value is -2.21. The van der Waals surface area contributed by atoms with Crippen LogP contribution in [0.25, 0.3) is 0 Å². The number of carboxylic acids is 1. The molecule has 2 heterocycles. The van der Waals surface area contributed by atoms with Gasteiger partial charge in [-0.2, -0.15) is 0 Å². The third-order valence-corrected chi connectivity index (χ3v) is 3.90. The normalized spacial score (nSPS) is 16.6. The van der Waals surface area contributed by atoms with Crippen LogP contribution in [-0.2, 0) is 11.2 Å². The number of fused-ring (bicyclic) bond motifs is 1. The summed E-state index contributed by atoms with van der Waals surface area (Å²) in [5.41, 5.74) is 1.72. The standard InChI is InChI=1S/C15H11BrN2O3/c16-10-5-6-11(17-8-10)14(19)18-12-4-2-1-3-9(12)7-13(18)15(20)21/h1-6,8,13H,7H2,(H,20,21)/t13-/m0/s1. The van der Waals surface area contributed by atoms with Gasteiger partial charge in [-0.3, -0.25) is 9.69 Å². The molecule has 1 atom stereocenters. The van der Waals surface area contributed by atoms with E-state index in [1.165, 1.54) is 11.1 Å². The topological polar surface area (TPSA) is 70.5 Å². The highest BCUT2D eigenvalue weighted by Crippen LogP contribution is 2.33. The smallest absolute Gasteiger partial charge is 0.327 e. The molecule has 0 fully saturated rings. The second kappa shape index (κ2) is 5.29. The van der Waals surface area contributed by atoms with Gasteiger partial charge in [0.25, 0.3) is 5.91 Å². The number of aromatic nitrogens is 1. The Balaban J connectivity index is 2.03. The summed E-state index contributed by atoms with van der Waals surface area (Å²) in [5, 5.41) is 9.37. The van der Waals surface area contributed by atoms with Gasteiger partial charge in [0, 0.05) is 22.8 Å². The summed E-state index contributed by atoms with van der Waals surface area (Å²) in [5.74, 6) is -1.42. The lowest BCUT2D eigenvalue weighted by atomic mass is 10.1. The van der Waals surface area contributed by atoms with Crippen molar-refractivity contribution in [3.05, 3.63) is 58.3 Å². The van der Waals surface area contributed by atoms with E-state index in [4.69, 9.17) is 0 Å². The Kier molecular flexibility index (Phi) is 3.47. The lowest BCUT2D eigenvalue weighted by molar-refractivity contribution is -0.138. The molecule has 0 aliphatic carbocycles. The zero-order valence-corrected chi connectivity index (χ0v) is 12.4. The van der Waals surface area contributed by atoms with Gasteiger partial charge in [-0.15, -0.1) is 0 Å². The molecular formula is C15H11BrN2O3. The number of anilines is 1. The molecule has 1 aromatic heterocycles. The highest BCUT2D eigenvalue weighted by molar-refractivity contribution is 9.10. The predicted octanol–water partition coefficient (Wildman–Crippen LogP) is 2.50. The summed E-state index contributed by atoms with van der Waals surface area (Å²) >= 11 is 3.26. The van der Waals surface area contributed by atoms with Gasteiger partial charge < -0.3 is 5.11 Å². The average Bonchev–Trinajstić information content (AvgIpc) is 2.87. The summed E-state index contributed by atoms with van der Waals surface area (Å²) < 4.78 is 0.760. The number of carbonyl (C=O) groups excluding carboxylic acids is 1. The fraction of sp³-hybridized carbons (Fsp3) is 0.133. The summed E-state index contributed by atoms with van der Waals surface area (Å²) in [6.07, 6.45) is 1.83. The minimum atomic E-state index is -1.02. The average molecular weight is 347 g/mol. The Morgan fingerprint density at radius 2 is 2.00 bits per heavy atom. The van der Waals surface area contributed by atoms with Crippen molar-refractivity contribution in [2.45, 2.75) is 12.5 Å². The molecule has 1 amide bonds. The number of aliphatic carboxylic acids is 1. The number of hydrogen-bond acceptors (Lipinski definition) is 3. The second-order valence-electron chi connectivity index (χ2n) is 4.72. The number of halogens is 1. The molecule has 1 aromatic carbocycles. The van der Waals surface area contributed by atoms with Gasteiger partial charge in [-0.05, 0) is 39.7 Å². The maximum atomic E-state index is 12.6. The molecular weight excluding hydrogens is 336 g/mol. The van der Waals surface area contributed by atoms with Crippen LogP contribution in [-0.4, -0.2) is 28.0 Å². The molecule has 2 aromatic rings. The van der Waals surface area contributed by atoms with Crippen LogP contribution in [0.4, 0.5) is 5.69 Å². The van der Waals surface area contributed by atoms with E-state index in [0.29, 0.717) is 12.1 Å². The van der Waals surface area contributed by atoms with Crippen molar-refractivity contribution in [1.82, 2.24) is 4.98 Å². The van der Waals surface area contributed by atoms with Crippen LogP contribution in [0.3, 0.4) is 0 Å². The maximum absolute atomic E-state index is 12.6. The summed E-state index contributed by atoms with van der Waals surface area (Å²) in [6, 6.07) is 9.62. The number of amides is 1.